The van der Waals surface area contributed by atoms with Crippen LogP contribution in [0, 0.1) is 0 Å². The summed E-state index contributed by atoms with van der Waals surface area (Å²) in [5, 5.41) is 3.73. The minimum atomic E-state index is -0.0800. The summed E-state index contributed by atoms with van der Waals surface area (Å²) in [6, 6.07) is 2.78. The first kappa shape index (κ1) is 16.2. The quantitative estimate of drug-likeness (QED) is 0.871. The molecule has 1 aliphatic rings. The van der Waals surface area contributed by atoms with Crippen LogP contribution in [0.4, 0.5) is 5.95 Å². The lowest BCUT2D eigenvalue weighted by Crippen LogP contribution is -2.50. The lowest BCUT2D eigenvalue weighted by molar-refractivity contribution is 0.00755. The molecule has 1 saturated heterocycles. The van der Waals surface area contributed by atoms with Gasteiger partial charge in [-0.15, -0.1) is 0 Å². The number of hydrogen-bond donors (Lipinski definition) is 1. The number of nitrogens with one attached hydrogen (secondary N) is 1. The third-order valence-electron chi connectivity index (χ3n) is 4.13. The molecule has 0 aromatic carbocycles. The van der Waals surface area contributed by atoms with Gasteiger partial charge in [0.1, 0.15) is 0 Å². The lowest BCUT2D eigenvalue weighted by atomic mass is 9.98. The molecule has 1 aromatic heterocycles. The van der Waals surface area contributed by atoms with Crippen molar-refractivity contribution in [2.45, 2.75) is 57.7 Å². The molecule has 0 spiro atoms. The van der Waals surface area contributed by atoms with Gasteiger partial charge in [-0.2, -0.15) is 0 Å². The molecule has 2 atom stereocenters. The van der Waals surface area contributed by atoms with E-state index in [-0.39, 0.29) is 5.60 Å². The molecule has 2 rings (SSSR count). The van der Waals surface area contributed by atoms with Crippen molar-refractivity contribution in [3.8, 4) is 0 Å². The minimum Gasteiger partial charge on any atom is -0.379 e. The van der Waals surface area contributed by atoms with Gasteiger partial charge in [0.2, 0.25) is 5.95 Å². The van der Waals surface area contributed by atoms with E-state index in [1.54, 1.807) is 7.11 Å². The maximum Gasteiger partial charge on any atom is 0.225 e. The first-order valence-corrected chi connectivity index (χ1v) is 7.83. The van der Waals surface area contributed by atoms with E-state index >= 15 is 0 Å². The Morgan fingerprint density at radius 1 is 1.43 bits per heavy atom. The molecular formula is C16H28N4O. The molecule has 0 saturated carbocycles. The predicted molar refractivity (Wildman–Crippen MR) is 85.6 cm³/mol. The number of methoxy groups -OCH3 is 1. The van der Waals surface area contributed by atoms with Crippen molar-refractivity contribution in [3.63, 3.8) is 0 Å². The van der Waals surface area contributed by atoms with Crippen molar-refractivity contribution < 1.29 is 4.74 Å². The van der Waals surface area contributed by atoms with Gasteiger partial charge in [0.15, 0.2) is 0 Å². The van der Waals surface area contributed by atoms with Gasteiger partial charge in [-0.3, -0.25) is 0 Å². The molecule has 1 fully saturated rings. The van der Waals surface area contributed by atoms with Crippen molar-refractivity contribution in [3.05, 3.63) is 18.5 Å². The highest BCUT2D eigenvalue weighted by atomic mass is 16.5. The lowest BCUT2D eigenvalue weighted by Gasteiger charge is -2.36. The van der Waals surface area contributed by atoms with Crippen molar-refractivity contribution in [1.82, 2.24) is 15.3 Å². The molecule has 0 amide bonds. The van der Waals surface area contributed by atoms with Gasteiger partial charge < -0.3 is 15.0 Å². The molecule has 5 heteroatoms. The fraction of sp³-hybridized carbons (Fsp3) is 0.750. The zero-order valence-corrected chi connectivity index (χ0v) is 13.7. The van der Waals surface area contributed by atoms with Gasteiger partial charge in [0.25, 0.3) is 0 Å². The van der Waals surface area contributed by atoms with Crippen LogP contribution in [-0.2, 0) is 4.74 Å². The Labute approximate surface area is 128 Å². The van der Waals surface area contributed by atoms with Crippen LogP contribution < -0.4 is 10.2 Å². The Hall–Kier alpha value is -1.20. The maximum atomic E-state index is 5.52. The first-order valence-electron chi connectivity index (χ1n) is 7.83. The first-order chi connectivity index (χ1) is 10.00. The number of hydrogen-bond acceptors (Lipinski definition) is 5. The number of nitrogens with zero attached hydrogens (tertiary/aromatic N) is 3. The van der Waals surface area contributed by atoms with Crippen LogP contribution in [0.5, 0.6) is 0 Å². The molecule has 21 heavy (non-hydrogen) atoms. The number of piperidine rings is 1. The Bertz CT molecular complexity index is 424. The topological polar surface area (TPSA) is 50.3 Å². The fourth-order valence-corrected chi connectivity index (χ4v) is 3.03. The van der Waals surface area contributed by atoms with Crippen LogP contribution in [0.2, 0.25) is 0 Å². The summed E-state index contributed by atoms with van der Waals surface area (Å²) in [7, 11) is 1.78. The zero-order valence-electron chi connectivity index (χ0n) is 13.7. The van der Waals surface area contributed by atoms with Gasteiger partial charge >= 0.3 is 0 Å². The third-order valence-corrected chi connectivity index (χ3v) is 4.13. The van der Waals surface area contributed by atoms with E-state index in [0.29, 0.717) is 12.1 Å². The summed E-state index contributed by atoms with van der Waals surface area (Å²) in [4.78, 5) is 11.0. The highest BCUT2D eigenvalue weighted by Gasteiger charge is 2.25. The predicted octanol–water partition coefficient (Wildman–Crippen LogP) is 2.24. The van der Waals surface area contributed by atoms with Crippen molar-refractivity contribution in [1.29, 1.82) is 0 Å². The van der Waals surface area contributed by atoms with Crippen LogP contribution in [0.1, 0.15) is 40.0 Å². The Kier molecular flexibility index (Phi) is 5.53. The van der Waals surface area contributed by atoms with Gasteiger partial charge in [0.05, 0.1) is 5.60 Å². The maximum absolute atomic E-state index is 5.52. The van der Waals surface area contributed by atoms with E-state index in [2.05, 4.69) is 41.0 Å². The van der Waals surface area contributed by atoms with E-state index in [4.69, 9.17) is 4.74 Å². The molecule has 0 radical (unpaired) electrons. The Morgan fingerprint density at radius 3 is 2.81 bits per heavy atom. The molecule has 0 bridgehead atoms. The molecule has 1 aliphatic heterocycles. The number of rotatable bonds is 6. The van der Waals surface area contributed by atoms with E-state index < -0.39 is 0 Å². The molecule has 0 aliphatic carbocycles. The van der Waals surface area contributed by atoms with E-state index in [9.17, 15) is 0 Å². The molecule has 1 aromatic rings. The van der Waals surface area contributed by atoms with Gasteiger partial charge in [-0.05, 0) is 46.1 Å². The normalized spacial score (nSPS) is 21.3. The van der Waals surface area contributed by atoms with Crippen LogP contribution >= 0.6 is 0 Å². The second-order valence-electron chi connectivity index (χ2n) is 6.57. The van der Waals surface area contributed by atoms with Gasteiger partial charge in [-0.1, -0.05) is 0 Å². The molecule has 2 unspecified atom stereocenters. The average molecular weight is 292 g/mol. The van der Waals surface area contributed by atoms with Gasteiger partial charge in [0, 0.05) is 44.7 Å². The number of ether oxygens (including phenoxy) is 1. The summed E-state index contributed by atoms with van der Waals surface area (Å²) in [5.74, 6) is 0.842. The molecule has 5 nitrogen and oxygen atoms in total. The van der Waals surface area contributed by atoms with E-state index in [1.807, 2.05) is 18.5 Å². The smallest absolute Gasteiger partial charge is 0.225 e. The van der Waals surface area contributed by atoms with Gasteiger partial charge in [-0.25, -0.2) is 9.97 Å². The monoisotopic (exact) mass is 292 g/mol. The van der Waals surface area contributed by atoms with E-state index in [0.717, 1.165) is 25.5 Å². The van der Waals surface area contributed by atoms with Crippen LogP contribution in [-0.4, -0.2) is 47.9 Å². The van der Waals surface area contributed by atoms with Crippen LogP contribution in [0.3, 0.4) is 0 Å². The van der Waals surface area contributed by atoms with Crippen molar-refractivity contribution >= 4 is 5.95 Å². The largest absolute Gasteiger partial charge is 0.379 e. The van der Waals surface area contributed by atoms with E-state index in [1.165, 1.54) is 12.8 Å². The standard InChI is InChI=1S/C16H28N4O/c1-13(11-16(2,3)21-4)19-14-7-5-10-20(12-14)15-17-8-6-9-18-15/h6,8-9,13-14,19H,5,7,10-12H2,1-4H3. The molecule has 118 valence electrons. The minimum absolute atomic E-state index is 0.0800. The SMILES string of the molecule is COC(C)(C)CC(C)NC1CCCN(c2ncccn2)C1. The fourth-order valence-electron chi connectivity index (χ4n) is 3.03. The molecule has 1 N–H and O–H groups in total. The Balaban J connectivity index is 1.87. The average Bonchev–Trinajstić information content (AvgIpc) is 2.48. The van der Waals surface area contributed by atoms with Crippen molar-refractivity contribution in [2.75, 3.05) is 25.1 Å². The second kappa shape index (κ2) is 7.18. The summed E-state index contributed by atoms with van der Waals surface area (Å²) in [6.45, 7) is 8.52. The van der Waals surface area contributed by atoms with Crippen molar-refractivity contribution in [2.24, 2.45) is 0 Å². The summed E-state index contributed by atoms with van der Waals surface area (Å²) in [5.41, 5.74) is -0.0800. The highest BCUT2D eigenvalue weighted by molar-refractivity contribution is 5.29. The number of aromatic nitrogens is 2. The number of anilines is 1. The zero-order chi connectivity index (χ0) is 15.3. The third kappa shape index (κ3) is 4.93. The molecule has 2 heterocycles. The Morgan fingerprint density at radius 2 is 2.14 bits per heavy atom. The summed E-state index contributed by atoms with van der Waals surface area (Å²) < 4.78 is 5.52. The highest BCUT2D eigenvalue weighted by Crippen LogP contribution is 2.19. The van der Waals surface area contributed by atoms with Crippen LogP contribution in [0.25, 0.3) is 0 Å². The second-order valence-corrected chi connectivity index (χ2v) is 6.57. The molecular weight excluding hydrogens is 264 g/mol. The van der Waals surface area contributed by atoms with Crippen LogP contribution in [0.15, 0.2) is 18.5 Å². The summed E-state index contributed by atoms with van der Waals surface area (Å²) in [6.07, 6.45) is 7.01. The summed E-state index contributed by atoms with van der Waals surface area (Å²) >= 11 is 0.